The topological polar surface area (TPSA) is 82.6 Å². The molecule has 6 heteroatoms. The third kappa shape index (κ3) is 9.91. The molecule has 0 aliphatic heterocycles. The second kappa shape index (κ2) is 14.6. The largest absolute Gasteiger partial charge is 0.458 e. The maximum absolute atomic E-state index is 14.2. The van der Waals surface area contributed by atoms with Gasteiger partial charge >= 0.3 is 5.97 Å². The van der Waals surface area contributed by atoms with Gasteiger partial charge in [-0.1, -0.05) is 71.1 Å². The van der Waals surface area contributed by atoms with Crippen LogP contribution >= 0.6 is 0 Å². The quantitative estimate of drug-likeness (QED) is 0.289. The molecule has 0 amide bonds. The first kappa shape index (κ1) is 23.6. The van der Waals surface area contributed by atoms with E-state index in [-0.39, 0.29) is 12.3 Å². The summed E-state index contributed by atoms with van der Waals surface area (Å²) in [5, 5.41) is 17.9. The Balaban J connectivity index is 2.14. The molecule has 1 aromatic heterocycles. The molecule has 3 N–H and O–H groups in total. The maximum atomic E-state index is 14.2. The van der Waals surface area contributed by atoms with E-state index >= 15 is 0 Å². The van der Waals surface area contributed by atoms with Crippen molar-refractivity contribution in [1.29, 1.82) is 0 Å². The molecule has 0 fully saturated rings. The number of nitrogens with one attached hydrogen (secondary N) is 1. The number of esters is 1. The minimum Gasteiger partial charge on any atom is -0.458 e. The molecule has 0 spiro atoms. The predicted octanol–water partition coefficient (Wildman–Crippen LogP) is 4.52. The number of aliphatic hydroxyl groups excluding tert-OH is 2. The third-order valence-electron chi connectivity index (χ3n) is 4.76. The number of aromatic amines is 1. The molecule has 0 bridgehead atoms. The van der Waals surface area contributed by atoms with Gasteiger partial charge in [0.1, 0.15) is 12.7 Å². The second-order valence-corrected chi connectivity index (χ2v) is 7.22. The van der Waals surface area contributed by atoms with E-state index in [0.29, 0.717) is 12.0 Å². The lowest BCUT2D eigenvalue weighted by Gasteiger charge is -2.07. The molecule has 5 nitrogen and oxygen atoms in total. The Morgan fingerprint density at radius 1 is 1.07 bits per heavy atom. The first-order chi connectivity index (χ1) is 13.1. The van der Waals surface area contributed by atoms with Gasteiger partial charge in [0.25, 0.3) is 0 Å². The molecule has 0 saturated carbocycles. The summed E-state index contributed by atoms with van der Waals surface area (Å²) in [6.07, 6.45) is 14.6. The van der Waals surface area contributed by atoms with Crippen LogP contribution in [0, 0.1) is 5.82 Å². The van der Waals surface area contributed by atoms with Gasteiger partial charge in [0.05, 0.1) is 6.61 Å². The zero-order valence-electron chi connectivity index (χ0n) is 16.6. The van der Waals surface area contributed by atoms with Crippen molar-refractivity contribution in [2.75, 3.05) is 13.2 Å². The SMILES string of the molecule is CCCCCCCCCCCCCc1c[nH]c(C(=O)OCC(O)CO)c1F. The molecule has 0 saturated heterocycles. The van der Waals surface area contributed by atoms with Gasteiger partial charge in [-0.25, -0.2) is 9.18 Å². The van der Waals surface area contributed by atoms with Crippen molar-refractivity contribution >= 4 is 5.97 Å². The van der Waals surface area contributed by atoms with E-state index in [1.807, 2.05) is 0 Å². The first-order valence-corrected chi connectivity index (χ1v) is 10.4. The van der Waals surface area contributed by atoms with Crippen molar-refractivity contribution < 1.29 is 24.1 Å². The highest BCUT2D eigenvalue weighted by Gasteiger charge is 2.19. The van der Waals surface area contributed by atoms with E-state index in [0.717, 1.165) is 19.3 Å². The number of ether oxygens (including phenoxy) is 1. The summed E-state index contributed by atoms with van der Waals surface area (Å²) < 4.78 is 19.0. The fourth-order valence-electron chi connectivity index (χ4n) is 3.05. The Morgan fingerprint density at radius 3 is 2.19 bits per heavy atom. The molecule has 1 heterocycles. The van der Waals surface area contributed by atoms with Crippen molar-refractivity contribution in [3.63, 3.8) is 0 Å². The standard InChI is InChI=1S/C21H36FNO4/c1-2-3-4-5-6-7-8-9-10-11-12-13-17-14-23-20(19(17)22)21(26)27-16-18(25)15-24/h14,18,23-25H,2-13,15-16H2,1H3. The van der Waals surface area contributed by atoms with Crippen molar-refractivity contribution in [2.24, 2.45) is 0 Å². The van der Waals surface area contributed by atoms with Crippen molar-refractivity contribution in [3.05, 3.63) is 23.3 Å². The average Bonchev–Trinajstić information content (AvgIpc) is 3.04. The number of unbranched alkanes of at least 4 members (excludes halogenated alkanes) is 10. The van der Waals surface area contributed by atoms with Crippen LogP contribution in [0.3, 0.4) is 0 Å². The molecular weight excluding hydrogens is 349 g/mol. The van der Waals surface area contributed by atoms with Crippen LogP contribution in [0.15, 0.2) is 6.20 Å². The summed E-state index contributed by atoms with van der Waals surface area (Å²) in [6.45, 7) is 1.36. The van der Waals surface area contributed by atoms with Gasteiger partial charge < -0.3 is 19.9 Å². The van der Waals surface area contributed by atoms with Crippen LogP contribution in [0.25, 0.3) is 0 Å². The Bertz CT molecular complexity index is 518. The Hall–Kier alpha value is -1.40. The highest BCUT2D eigenvalue weighted by molar-refractivity contribution is 5.88. The van der Waals surface area contributed by atoms with Gasteiger partial charge in [-0.05, 0) is 12.8 Å². The van der Waals surface area contributed by atoms with E-state index in [2.05, 4.69) is 11.9 Å². The van der Waals surface area contributed by atoms with Crippen LogP contribution in [-0.2, 0) is 11.2 Å². The Morgan fingerprint density at radius 2 is 1.63 bits per heavy atom. The lowest BCUT2D eigenvalue weighted by Crippen LogP contribution is -2.22. The molecule has 27 heavy (non-hydrogen) atoms. The third-order valence-corrected chi connectivity index (χ3v) is 4.76. The molecule has 156 valence electrons. The minimum atomic E-state index is -1.15. The van der Waals surface area contributed by atoms with E-state index in [4.69, 9.17) is 14.9 Å². The second-order valence-electron chi connectivity index (χ2n) is 7.22. The molecular formula is C21H36FNO4. The lowest BCUT2D eigenvalue weighted by molar-refractivity contribution is 0.00859. The van der Waals surface area contributed by atoms with Gasteiger partial charge in [0.2, 0.25) is 0 Å². The Labute approximate surface area is 162 Å². The number of aromatic nitrogens is 1. The van der Waals surface area contributed by atoms with Gasteiger partial charge in [-0.3, -0.25) is 0 Å². The molecule has 0 radical (unpaired) electrons. The molecule has 1 unspecified atom stereocenters. The van der Waals surface area contributed by atoms with Crippen LogP contribution < -0.4 is 0 Å². The number of carbonyl (C=O) groups excluding carboxylic acids is 1. The summed E-state index contributed by atoms with van der Waals surface area (Å²) in [7, 11) is 0. The fourth-order valence-corrected chi connectivity index (χ4v) is 3.05. The number of hydrogen-bond acceptors (Lipinski definition) is 4. The highest BCUT2D eigenvalue weighted by atomic mass is 19.1. The molecule has 0 aliphatic rings. The molecule has 0 aromatic carbocycles. The molecule has 1 atom stereocenters. The summed E-state index contributed by atoms with van der Waals surface area (Å²) in [5.41, 5.74) is 0.263. The molecule has 1 aromatic rings. The Kier molecular flexibility index (Phi) is 12.8. The normalized spacial score (nSPS) is 12.3. The first-order valence-electron chi connectivity index (χ1n) is 10.4. The van der Waals surface area contributed by atoms with Crippen LogP contribution in [-0.4, -0.2) is 40.5 Å². The minimum absolute atomic E-state index is 0.224. The highest BCUT2D eigenvalue weighted by Crippen LogP contribution is 2.17. The zero-order valence-corrected chi connectivity index (χ0v) is 16.6. The van der Waals surface area contributed by atoms with Crippen molar-refractivity contribution in [1.82, 2.24) is 4.98 Å². The molecule has 0 aliphatic carbocycles. The monoisotopic (exact) mass is 385 g/mol. The number of hydrogen-bond donors (Lipinski definition) is 3. The van der Waals surface area contributed by atoms with Crippen LogP contribution in [0.4, 0.5) is 4.39 Å². The predicted molar refractivity (Wildman–Crippen MR) is 104 cm³/mol. The van der Waals surface area contributed by atoms with Gasteiger partial charge in [0.15, 0.2) is 11.5 Å². The lowest BCUT2D eigenvalue weighted by atomic mass is 10.0. The summed E-state index contributed by atoms with van der Waals surface area (Å²) >= 11 is 0. The van der Waals surface area contributed by atoms with Gasteiger partial charge in [-0.2, -0.15) is 0 Å². The van der Waals surface area contributed by atoms with Crippen molar-refractivity contribution in [3.8, 4) is 0 Å². The van der Waals surface area contributed by atoms with Crippen LogP contribution in [0.5, 0.6) is 0 Å². The van der Waals surface area contributed by atoms with Crippen LogP contribution in [0.1, 0.15) is 93.6 Å². The van der Waals surface area contributed by atoms with E-state index in [1.165, 1.54) is 57.6 Å². The number of H-pyrrole nitrogens is 1. The summed E-state index contributed by atoms with van der Waals surface area (Å²) in [4.78, 5) is 14.4. The van der Waals surface area contributed by atoms with Crippen LogP contribution in [0.2, 0.25) is 0 Å². The summed E-state index contributed by atoms with van der Waals surface area (Å²) in [5.74, 6) is -1.43. The number of aliphatic hydroxyl groups is 2. The number of carbonyl (C=O) groups is 1. The van der Waals surface area contributed by atoms with Crippen molar-refractivity contribution in [2.45, 2.75) is 90.1 Å². The zero-order chi connectivity index (χ0) is 19.9. The van der Waals surface area contributed by atoms with Gasteiger partial charge in [0, 0.05) is 11.8 Å². The van der Waals surface area contributed by atoms with E-state index < -0.39 is 24.5 Å². The van der Waals surface area contributed by atoms with E-state index in [9.17, 15) is 9.18 Å². The van der Waals surface area contributed by atoms with E-state index in [1.54, 1.807) is 0 Å². The number of aryl methyl sites for hydroxylation is 1. The smallest absolute Gasteiger partial charge is 0.357 e. The maximum Gasteiger partial charge on any atom is 0.357 e. The fraction of sp³-hybridized carbons (Fsp3) is 0.762. The number of rotatable bonds is 16. The number of halogens is 1. The molecule has 1 rings (SSSR count). The van der Waals surface area contributed by atoms with Gasteiger partial charge in [-0.15, -0.1) is 0 Å². The summed E-state index contributed by atoms with van der Waals surface area (Å²) in [6, 6.07) is 0. The average molecular weight is 386 g/mol.